The Morgan fingerprint density at radius 2 is 1.27 bits per heavy atom. The van der Waals surface area contributed by atoms with E-state index in [0.29, 0.717) is 6.07 Å². The maximum Gasteiger partial charge on any atom is 0.250 e. The first-order valence-corrected chi connectivity index (χ1v) is 7.61. The molecule has 0 aliphatic rings. The summed E-state index contributed by atoms with van der Waals surface area (Å²) >= 11 is 34.2. The Hall–Kier alpha value is -0.170. The molecule has 2 aromatic rings. The first kappa shape index (κ1) is 18.2. The Kier molecular flexibility index (Phi) is 5.27. The van der Waals surface area contributed by atoms with E-state index in [1.54, 1.807) is 0 Å². The van der Waals surface area contributed by atoms with Crippen LogP contribution in [-0.2, 0) is 7.59 Å². The van der Waals surface area contributed by atoms with Crippen molar-refractivity contribution in [2.75, 3.05) is 0 Å². The van der Waals surface area contributed by atoms with E-state index >= 15 is 0 Å². The van der Waals surface area contributed by atoms with Gasteiger partial charge in [0.2, 0.25) is 7.59 Å². The Morgan fingerprint density at radius 3 is 1.68 bits per heavy atom. The molecular formula is C11H3Cl6F2N3. The molecule has 0 saturated carbocycles. The molecule has 0 unspecified atom stereocenters. The third-order valence-corrected chi connectivity index (χ3v) is 3.33. The molecule has 0 radical (unpaired) electrons. The second-order valence-corrected chi connectivity index (χ2v) is 8.49. The van der Waals surface area contributed by atoms with Gasteiger partial charge in [0.25, 0.3) is 0 Å². The fourth-order valence-electron chi connectivity index (χ4n) is 1.42. The number of hydrogen-bond donors (Lipinski definition) is 0. The highest BCUT2D eigenvalue weighted by Crippen LogP contribution is 2.40. The summed E-state index contributed by atoms with van der Waals surface area (Å²) in [5.41, 5.74) is -0.171. The van der Waals surface area contributed by atoms with Crippen molar-refractivity contribution in [2.24, 2.45) is 0 Å². The first-order chi connectivity index (χ1) is 9.98. The van der Waals surface area contributed by atoms with Crippen LogP contribution in [0.5, 0.6) is 0 Å². The third-order valence-electron chi connectivity index (χ3n) is 2.31. The van der Waals surface area contributed by atoms with Gasteiger partial charge >= 0.3 is 0 Å². The third kappa shape index (κ3) is 4.22. The minimum Gasteiger partial charge on any atom is -0.209 e. The predicted octanol–water partition coefficient (Wildman–Crippen LogP) is 5.47. The van der Waals surface area contributed by atoms with Crippen LogP contribution in [0.25, 0.3) is 11.4 Å². The summed E-state index contributed by atoms with van der Waals surface area (Å²) in [4.78, 5) is 11.4. The molecule has 0 fully saturated rings. The summed E-state index contributed by atoms with van der Waals surface area (Å²) in [6.45, 7) is 0. The smallest absolute Gasteiger partial charge is 0.209 e. The van der Waals surface area contributed by atoms with E-state index in [-0.39, 0.29) is 23.0 Å². The number of hydrogen-bond acceptors (Lipinski definition) is 3. The van der Waals surface area contributed by atoms with E-state index < -0.39 is 19.2 Å². The van der Waals surface area contributed by atoms with Crippen LogP contribution in [-0.4, -0.2) is 15.0 Å². The number of halogens is 8. The van der Waals surface area contributed by atoms with E-state index in [1.807, 2.05) is 0 Å². The molecule has 3 nitrogen and oxygen atoms in total. The largest absolute Gasteiger partial charge is 0.250 e. The van der Waals surface area contributed by atoms with Crippen molar-refractivity contribution < 1.29 is 8.78 Å². The van der Waals surface area contributed by atoms with Crippen LogP contribution in [0.1, 0.15) is 11.6 Å². The lowest BCUT2D eigenvalue weighted by Gasteiger charge is -2.15. The Bertz CT molecular complexity index is 682. The second kappa shape index (κ2) is 6.38. The number of nitrogens with zero attached hydrogens (tertiary/aromatic N) is 3. The standard InChI is InChI=1S/C11H3Cl6F2N3/c12-10(13,14)8-20-7(21-9(22-8)11(15,16)17)5-2-1-4(18)3-6(5)19/h1-3H. The Labute approximate surface area is 153 Å². The van der Waals surface area contributed by atoms with Crippen LogP contribution < -0.4 is 0 Å². The van der Waals surface area contributed by atoms with Crippen molar-refractivity contribution in [3.63, 3.8) is 0 Å². The molecule has 0 atom stereocenters. The molecule has 0 amide bonds. The second-order valence-electron chi connectivity index (χ2n) is 3.93. The van der Waals surface area contributed by atoms with E-state index in [0.717, 1.165) is 12.1 Å². The number of rotatable bonds is 1. The molecule has 1 aromatic heterocycles. The lowest BCUT2D eigenvalue weighted by molar-refractivity contribution is 0.584. The van der Waals surface area contributed by atoms with Gasteiger partial charge in [0.1, 0.15) is 11.6 Å². The molecule has 0 aliphatic heterocycles. The number of benzene rings is 1. The fraction of sp³-hybridized carbons (Fsp3) is 0.182. The van der Waals surface area contributed by atoms with Crippen molar-refractivity contribution in [1.82, 2.24) is 15.0 Å². The first-order valence-electron chi connectivity index (χ1n) is 5.34. The average Bonchev–Trinajstić information content (AvgIpc) is 2.36. The maximum absolute atomic E-state index is 13.9. The lowest BCUT2D eigenvalue weighted by Crippen LogP contribution is -2.17. The predicted molar refractivity (Wildman–Crippen MR) is 83.7 cm³/mol. The van der Waals surface area contributed by atoms with E-state index in [9.17, 15) is 8.78 Å². The minimum absolute atomic E-state index is 0.171. The highest BCUT2D eigenvalue weighted by molar-refractivity contribution is 6.67. The van der Waals surface area contributed by atoms with Crippen molar-refractivity contribution in [2.45, 2.75) is 7.59 Å². The van der Waals surface area contributed by atoms with Crippen molar-refractivity contribution >= 4 is 69.6 Å². The van der Waals surface area contributed by atoms with Gasteiger partial charge in [-0.2, -0.15) is 0 Å². The van der Waals surface area contributed by atoms with Crippen LogP contribution >= 0.6 is 69.6 Å². The highest BCUT2D eigenvalue weighted by Gasteiger charge is 2.34. The topological polar surface area (TPSA) is 38.7 Å². The zero-order valence-corrected chi connectivity index (χ0v) is 14.6. The van der Waals surface area contributed by atoms with Gasteiger partial charge in [0.05, 0.1) is 5.56 Å². The molecule has 118 valence electrons. The molecular weight excluding hydrogens is 425 g/mol. The summed E-state index contributed by atoms with van der Waals surface area (Å²) in [6, 6.07) is 2.75. The van der Waals surface area contributed by atoms with E-state index in [1.165, 1.54) is 0 Å². The van der Waals surface area contributed by atoms with E-state index in [2.05, 4.69) is 15.0 Å². The molecule has 2 rings (SSSR count). The lowest BCUT2D eigenvalue weighted by atomic mass is 10.2. The molecule has 1 heterocycles. The van der Waals surface area contributed by atoms with Gasteiger partial charge in [0.15, 0.2) is 17.5 Å². The van der Waals surface area contributed by atoms with Gasteiger partial charge in [-0.05, 0) is 12.1 Å². The summed E-state index contributed by atoms with van der Waals surface area (Å²) in [5, 5.41) is 0. The van der Waals surface area contributed by atoms with Crippen LogP contribution in [0.3, 0.4) is 0 Å². The van der Waals surface area contributed by atoms with E-state index in [4.69, 9.17) is 69.6 Å². The van der Waals surface area contributed by atoms with Gasteiger partial charge in [-0.15, -0.1) is 0 Å². The number of alkyl halides is 6. The van der Waals surface area contributed by atoms with Crippen LogP contribution in [0.2, 0.25) is 0 Å². The van der Waals surface area contributed by atoms with Crippen molar-refractivity contribution in [3.05, 3.63) is 41.5 Å². The fourth-order valence-corrected chi connectivity index (χ4v) is 1.93. The SMILES string of the molecule is Fc1ccc(-c2nc(C(Cl)(Cl)Cl)nc(C(Cl)(Cl)Cl)n2)c(F)c1. The van der Waals surface area contributed by atoms with Gasteiger partial charge in [-0.1, -0.05) is 69.6 Å². The van der Waals surface area contributed by atoms with Gasteiger partial charge in [-0.3, -0.25) is 0 Å². The van der Waals surface area contributed by atoms with Gasteiger partial charge < -0.3 is 0 Å². The minimum atomic E-state index is -2.06. The molecule has 0 saturated heterocycles. The van der Waals surface area contributed by atoms with Crippen LogP contribution in [0, 0.1) is 11.6 Å². The maximum atomic E-state index is 13.9. The highest BCUT2D eigenvalue weighted by atomic mass is 35.6. The van der Waals surface area contributed by atoms with Gasteiger partial charge in [-0.25, -0.2) is 23.7 Å². The summed E-state index contributed by atoms with van der Waals surface area (Å²) in [7, 11) is 0. The Balaban J connectivity index is 2.70. The average molecular weight is 428 g/mol. The van der Waals surface area contributed by atoms with Gasteiger partial charge in [0, 0.05) is 6.07 Å². The van der Waals surface area contributed by atoms with Crippen LogP contribution in [0.15, 0.2) is 18.2 Å². The Morgan fingerprint density at radius 1 is 0.773 bits per heavy atom. The molecule has 22 heavy (non-hydrogen) atoms. The monoisotopic (exact) mass is 425 g/mol. The summed E-state index contributed by atoms with van der Waals surface area (Å²) in [5.74, 6) is -2.72. The quantitative estimate of drug-likeness (QED) is 0.566. The zero-order chi connectivity index (χ0) is 16.7. The molecule has 0 spiro atoms. The summed E-state index contributed by atoms with van der Waals surface area (Å²) < 4.78 is 22.7. The van der Waals surface area contributed by atoms with Crippen molar-refractivity contribution in [3.8, 4) is 11.4 Å². The molecule has 0 aliphatic carbocycles. The molecule has 11 heteroatoms. The van der Waals surface area contributed by atoms with Crippen molar-refractivity contribution in [1.29, 1.82) is 0 Å². The number of aromatic nitrogens is 3. The molecule has 1 aromatic carbocycles. The summed E-state index contributed by atoms with van der Waals surface area (Å²) in [6.07, 6.45) is 0. The molecule has 0 bridgehead atoms. The normalized spacial score (nSPS) is 12.5. The zero-order valence-electron chi connectivity index (χ0n) is 10.1. The van der Waals surface area contributed by atoms with Crippen LogP contribution in [0.4, 0.5) is 8.78 Å². The molecule has 0 N–H and O–H groups in total.